The minimum Gasteiger partial charge on any atom is -0.497 e. The molecule has 1 aliphatic carbocycles. The second-order valence-corrected chi connectivity index (χ2v) is 11.2. The number of methoxy groups -OCH3 is 1. The molecule has 1 amide bonds. The van der Waals surface area contributed by atoms with Gasteiger partial charge in [0.25, 0.3) is 0 Å². The van der Waals surface area contributed by atoms with Crippen LogP contribution in [0.4, 0.5) is 17.2 Å². The van der Waals surface area contributed by atoms with Crippen molar-refractivity contribution >= 4 is 61.5 Å². The van der Waals surface area contributed by atoms with Crippen molar-refractivity contribution in [2.45, 2.75) is 30.6 Å². The minimum atomic E-state index is -0.0756. The third kappa shape index (κ3) is 4.12. The number of ether oxygens (including phenoxy) is 1. The van der Waals surface area contributed by atoms with Gasteiger partial charge in [-0.05, 0) is 66.8 Å². The van der Waals surface area contributed by atoms with E-state index in [-0.39, 0.29) is 16.9 Å². The smallest absolute Gasteiger partial charge is 0.230 e. The van der Waals surface area contributed by atoms with Crippen molar-refractivity contribution < 1.29 is 14.3 Å². The molecule has 7 nitrogen and oxygen atoms in total. The van der Waals surface area contributed by atoms with Crippen LogP contribution in [0, 0.1) is 5.92 Å². The molecule has 6 rings (SSSR count). The van der Waals surface area contributed by atoms with E-state index in [4.69, 9.17) is 4.74 Å². The van der Waals surface area contributed by atoms with Gasteiger partial charge in [0, 0.05) is 40.5 Å². The number of fused-ring (bicyclic) bond motifs is 4. The molecule has 0 radical (unpaired) electrons. The monoisotopic (exact) mass is 516 g/mol. The predicted molar refractivity (Wildman–Crippen MR) is 144 cm³/mol. The van der Waals surface area contributed by atoms with Gasteiger partial charge in [0.05, 0.1) is 12.5 Å². The van der Waals surface area contributed by atoms with Crippen molar-refractivity contribution in [1.82, 2.24) is 9.97 Å². The summed E-state index contributed by atoms with van der Waals surface area (Å²) in [4.78, 5) is 39.1. The number of hydrogen-bond acceptors (Lipinski definition) is 8. The number of benzene rings is 2. The molecular formula is C27H24N4O3S2. The molecule has 1 aliphatic heterocycles. The molecule has 0 saturated heterocycles. The quantitative estimate of drug-likeness (QED) is 0.381. The average molecular weight is 517 g/mol. The normalized spacial score (nSPS) is 16.5. The molecular weight excluding hydrogens is 492 g/mol. The van der Waals surface area contributed by atoms with E-state index in [1.807, 2.05) is 49.5 Å². The molecule has 2 aromatic carbocycles. The number of nitrogens with zero attached hydrogens (tertiary/aromatic N) is 3. The average Bonchev–Trinajstić information content (AvgIpc) is 3.46. The molecule has 1 N–H and O–H groups in total. The van der Waals surface area contributed by atoms with E-state index in [1.54, 1.807) is 29.7 Å². The molecule has 9 heteroatoms. The lowest BCUT2D eigenvalue weighted by Crippen LogP contribution is -2.35. The highest BCUT2D eigenvalue weighted by molar-refractivity contribution is 8.14. The van der Waals surface area contributed by atoms with Crippen LogP contribution in [-0.2, 0) is 28.9 Å². The summed E-state index contributed by atoms with van der Waals surface area (Å²) in [5, 5.41) is 4.68. The lowest BCUT2D eigenvalue weighted by atomic mass is 9.87. The molecule has 182 valence electrons. The third-order valence-electron chi connectivity index (χ3n) is 6.87. The number of thiophene rings is 1. The van der Waals surface area contributed by atoms with Gasteiger partial charge < -0.3 is 15.0 Å². The van der Waals surface area contributed by atoms with Crippen LogP contribution >= 0.6 is 23.1 Å². The molecule has 36 heavy (non-hydrogen) atoms. The number of hydrogen-bond donors (Lipinski definition) is 1. The first-order chi connectivity index (χ1) is 17.5. The lowest BCUT2D eigenvalue weighted by Gasteiger charge is -2.27. The van der Waals surface area contributed by atoms with E-state index in [1.165, 1.54) is 22.2 Å². The van der Waals surface area contributed by atoms with Crippen molar-refractivity contribution in [3.8, 4) is 5.75 Å². The Morgan fingerprint density at radius 1 is 1.17 bits per heavy atom. The number of amides is 1. The van der Waals surface area contributed by atoms with Gasteiger partial charge in [0.2, 0.25) is 5.91 Å². The first-order valence-electron chi connectivity index (χ1n) is 11.8. The van der Waals surface area contributed by atoms with Crippen LogP contribution < -0.4 is 15.0 Å². The summed E-state index contributed by atoms with van der Waals surface area (Å²) in [5.41, 5.74) is 4.07. The summed E-state index contributed by atoms with van der Waals surface area (Å²) in [6, 6.07) is 13.6. The topological polar surface area (TPSA) is 84.4 Å². The summed E-state index contributed by atoms with van der Waals surface area (Å²) in [7, 11) is 3.47. The molecule has 0 bridgehead atoms. The molecule has 0 saturated carbocycles. The van der Waals surface area contributed by atoms with Crippen LogP contribution in [0.2, 0.25) is 0 Å². The number of rotatable bonds is 5. The number of anilines is 3. The Kier molecular flexibility index (Phi) is 5.89. The summed E-state index contributed by atoms with van der Waals surface area (Å²) in [6.07, 6.45) is 4.36. The van der Waals surface area contributed by atoms with Gasteiger partial charge in [-0.15, -0.1) is 11.3 Å². The molecule has 0 spiro atoms. The number of thioether (sulfide) groups is 1. The van der Waals surface area contributed by atoms with Crippen LogP contribution in [0.5, 0.6) is 5.75 Å². The van der Waals surface area contributed by atoms with Gasteiger partial charge in [0.1, 0.15) is 22.7 Å². The van der Waals surface area contributed by atoms with Crippen molar-refractivity contribution in [3.05, 3.63) is 64.8 Å². The van der Waals surface area contributed by atoms with Gasteiger partial charge >= 0.3 is 0 Å². The predicted octanol–water partition coefficient (Wildman–Crippen LogP) is 5.39. The molecule has 3 heterocycles. The van der Waals surface area contributed by atoms with E-state index in [0.717, 1.165) is 56.5 Å². The number of aryl methyl sites for hydroxylation is 1. The zero-order valence-corrected chi connectivity index (χ0v) is 21.5. The van der Waals surface area contributed by atoms with E-state index >= 15 is 0 Å². The van der Waals surface area contributed by atoms with Crippen LogP contribution in [0.25, 0.3) is 10.2 Å². The second kappa shape index (κ2) is 9.22. The maximum atomic E-state index is 13.3. The Labute approximate surface area is 216 Å². The van der Waals surface area contributed by atoms with Crippen molar-refractivity contribution in [1.29, 1.82) is 0 Å². The fourth-order valence-electron chi connectivity index (χ4n) is 4.95. The van der Waals surface area contributed by atoms with Crippen molar-refractivity contribution in [2.24, 2.45) is 5.92 Å². The van der Waals surface area contributed by atoms with Gasteiger partial charge in [0.15, 0.2) is 5.12 Å². The fraction of sp³-hybridized carbons (Fsp3) is 0.259. The van der Waals surface area contributed by atoms with Crippen molar-refractivity contribution in [2.75, 3.05) is 24.4 Å². The first-order valence-corrected chi connectivity index (χ1v) is 13.4. The van der Waals surface area contributed by atoms with E-state index in [9.17, 15) is 9.59 Å². The molecule has 2 aliphatic rings. The fourth-order valence-corrected chi connectivity index (χ4v) is 7.14. The standard InChI is InChI=1S/C27H24N4O3S2/c1-31(18-6-8-19(34-2)9-7-18)27(33)16-4-10-20-22(11-16)36-26-24(20)25(28-14-29-26)30-17-5-3-15-12-23(32)35-21(15)13-17/h3,5-9,13-14,16H,4,10-12H2,1-2H3,(H,28,29,30). The largest absolute Gasteiger partial charge is 0.497 e. The van der Waals surface area contributed by atoms with Crippen LogP contribution in [-0.4, -0.2) is 35.1 Å². The Morgan fingerprint density at radius 3 is 2.81 bits per heavy atom. The number of carbonyl (C=O) groups excluding carboxylic acids is 2. The Balaban J connectivity index is 1.24. The number of carbonyl (C=O) groups is 2. The van der Waals surface area contributed by atoms with E-state index < -0.39 is 0 Å². The maximum absolute atomic E-state index is 13.3. The Bertz CT molecular complexity index is 1500. The zero-order valence-electron chi connectivity index (χ0n) is 19.9. The summed E-state index contributed by atoms with van der Waals surface area (Å²) >= 11 is 2.95. The Morgan fingerprint density at radius 2 is 2.00 bits per heavy atom. The second-order valence-electron chi connectivity index (χ2n) is 9.04. The van der Waals surface area contributed by atoms with Gasteiger partial charge in [-0.2, -0.15) is 0 Å². The molecule has 1 unspecified atom stereocenters. The van der Waals surface area contributed by atoms with Crippen LogP contribution in [0.1, 0.15) is 22.4 Å². The van der Waals surface area contributed by atoms with Crippen LogP contribution in [0.15, 0.2) is 53.7 Å². The highest BCUT2D eigenvalue weighted by Crippen LogP contribution is 2.42. The minimum absolute atomic E-state index is 0.0756. The zero-order chi connectivity index (χ0) is 24.8. The van der Waals surface area contributed by atoms with Crippen LogP contribution in [0.3, 0.4) is 0 Å². The molecule has 0 fully saturated rings. The first kappa shape index (κ1) is 23.0. The lowest BCUT2D eigenvalue weighted by molar-refractivity contribution is -0.122. The highest BCUT2D eigenvalue weighted by Gasteiger charge is 2.31. The van der Waals surface area contributed by atoms with Gasteiger partial charge in [-0.1, -0.05) is 17.8 Å². The SMILES string of the molecule is COc1ccc(N(C)C(=O)C2CCc3c(sc4ncnc(Nc5ccc6c(c5)SC(=O)C6)c34)C2)cc1. The highest BCUT2D eigenvalue weighted by atomic mass is 32.2. The number of aromatic nitrogens is 2. The molecule has 4 aromatic rings. The van der Waals surface area contributed by atoms with E-state index in [2.05, 4.69) is 15.3 Å². The van der Waals surface area contributed by atoms with Gasteiger partial charge in [-0.3, -0.25) is 9.59 Å². The molecule has 2 aromatic heterocycles. The summed E-state index contributed by atoms with van der Waals surface area (Å²) in [6.45, 7) is 0. The van der Waals surface area contributed by atoms with Crippen molar-refractivity contribution in [3.63, 3.8) is 0 Å². The summed E-state index contributed by atoms with van der Waals surface area (Å²) in [5.74, 6) is 1.59. The molecule has 1 atom stereocenters. The van der Waals surface area contributed by atoms with Gasteiger partial charge in [-0.25, -0.2) is 9.97 Å². The number of nitrogens with one attached hydrogen (secondary N) is 1. The van der Waals surface area contributed by atoms with E-state index in [0.29, 0.717) is 12.8 Å². The Hall–Kier alpha value is -3.43. The summed E-state index contributed by atoms with van der Waals surface area (Å²) < 4.78 is 5.23. The third-order valence-corrected chi connectivity index (χ3v) is 9.01. The maximum Gasteiger partial charge on any atom is 0.230 e.